The molecule has 0 radical (unpaired) electrons. The van der Waals surface area contributed by atoms with Crippen molar-refractivity contribution in [2.45, 2.75) is 31.3 Å². The molecule has 2 rings (SSSR count). The lowest BCUT2D eigenvalue weighted by atomic mass is 10.2. The highest BCUT2D eigenvalue weighted by Gasteiger charge is 2.08. The third-order valence-electron chi connectivity index (χ3n) is 2.55. The van der Waals surface area contributed by atoms with E-state index < -0.39 is 0 Å². The third kappa shape index (κ3) is 3.08. The van der Waals surface area contributed by atoms with Gasteiger partial charge in [-0.15, -0.1) is 10.2 Å². The van der Waals surface area contributed by atoms with Crippen LogP contribution in [0.2, 0.25) is 0 Å². The van der Waals surface area contributed by atoms with E-state index in [0.29, 0.717) is 6.54 Å². The second-order valence-electron chi connectivity index (χ2n) is 4.13. The van der Waals surface area contributed by atoms with Crippen molar-refractivity contribution >= 4 is 11.8 Å². The number of nitrogens with zero attached hydrogens (tertiary/aromatic N) is 4. The fourth-order valence-corrected chi connectivity index (χ4v) is 2.63. The molecule has 0 spiro atoms. The Balaban J connectivity index is 2.06. The van der Waals surface area contributed by atoms with Gasteiger partial charge < -0.3 is 10.3 Å². The second-order valence-corrected chi connectivity index (χ2v) is 5.07. The second kappa shape index (κ2) is 5.97. The maximum atomic E-state index is 5.59. The van der Waals surface area contributed by atoms with Crippen molar-refractivity contribution in [1.29, 1.82) is 0 Å². The first-order chi connectivity index (χ1) is 8.70. The molecular weight excluding hydrogens is 246 g/mol. The maximum absolute atomic E-state index is 5.59. The van der Waals surface area contributed by atoms with E-state index in [4.69, 9.17) is 5.73 Å². The van der Waals surface area contributed by atoms with Gasteiger partial charge in [0, 0.05) is 31.2 Å². The van der Waals surface area contributed by atoms with Crippen LogP contribution in [0.4, 0.5) is 0 Å². The molecule has 2 aromatic rings. The Bertz CT molecular complexity index is 523. The van der Waals surface area contributed by atoms with Crippen LogP contribution in [0.3, 0.4) is 0 Å². The monoisotopic (exact) mass is 263 g/mol. The summed E-state index contributed by atoms with van der Waals surface area (Å²) in [5.74, 6) is 1.75. The summed E-state index contributed by atoms with van der Waals surface area (Å²) in [6.07, 6.45) is 3.74. The van der Waals surface area contributed by atoms with Gasteiger partial charge in [0.2, 0.25) is 0 Å². The molecule has 0 aliphatic heterocycles. The summed E-state index contributed by atoms with van der Waals surface area (Å²) in [6.45, 7) is 5.34. The summed E-state index contributed by atoms with van der Waals surface area (Å²) < 4.78 is 2.05. The van der Waals surface area contributed by atoms with Crippen molar-refractivity contribution in [2.24, 2.45) is 5.73 Å². The summed E-state index contributed by atoms with van der Waals surface area (Å²) in [5.41, 5.74) is 7.96. The van der Waals surface area contributed by atoms with Crippen LogP contribution in [0.1, 0.15) is 17.0 Å². The minimum Gasteiger partial charge on any atom is -0.329 e. The predicted molar refractivity (Wildman–Crippen MR) is 72.3 cm³/mol. The van der Waals surface area contributed by atoms with E-state index in [0.717, 1.165) is 23.3 Å². The Morgan fingerprint density at radius 3 is 2.83 bits per heavy atom. The highest BCUT2D eigenvalue weighted by molar-refractivity contribution is 7.98. The molecule has 0 fully saturated rings. The SMILES string of the molecule is Cc1cncc(CSc2nnc(C)n2CCN)c1. The van der Waals surface area contributed by atoms with E-state index in [1.54, 1.807) is 11.8 Å². The molecule has 5 nitrogen and oxygen atoms in total. The van der Waals surface area contributed by atoms with E-state index in [9.17, 15) is 0 Å². The predicted octanol–water partition coefficient (Wildman–Crippen LogP) is 1.54. The van der Waals surface area contributed by atoms with Crippen LogP contribution in [-0.2, 0) is 12.3 Å². The van der Waals surface area contributed by atoms with Crippen LogP contribution in [0.5, 0.6) is 0 Å². The number of hydrogen-bond donors (Lipinski definition) is 1. The zero-order valence-corrected chi connectivity index (χ0v) is 11.4. The number of hydrogen-bond acceptors (Lipinski definition) is 5. The third-order valence-corrected chi connectivity index (χ3v) is 3.59. The van der Waals surface area contributed by atoms with Crippen molar-refractivity contribution in [3.8, 4) is 0 Å². The summed E-state index contributed by atoms with van der Waals surface area (Å²) in [6, 6.07) is 2.14. The highest BCUT2D eigenvalue weighted by atomic mass is 32.2. The first-order valence-electron chi connectivity index (χ1n) is 5.84. The van der Waals surface area contributed by atoms with Crippen molar-refractivity contribution in [3.05, 3.63) is 35.4 Å². The fraction of sp³-hybridized carbons (Fsp3) is 0.417. The fourth-order valence-electron chi connectivity index (χ4n) is 1.70. The number of pyridine rings is 1. The Morgan fingerprint density at radius 2 is 2.11 bits per heavy atom. The highest BCUT2D eigenvalue weighted by Crippen LogP contribution is 2.21. The van der Waals surface area contributed by atoms with Crippen LogP contribution in [-0.4, -0.2) is 26.3 Å². The van der Waals surface area contributed by atoms with Crippen LogP contribution in [0, 0.1) is 13.8 Å². The zero-order valence-electron chi connectivity index (χ0n) is 10.6. The number of aryl methyl sites for hydroxylation is 2. The molecule has 2 aromatic heterocycles. The normalized spacial score (nSPS) is 10.8. The van der Waals surface area contributed by atoms with Gasteiger partial charge in [0.25, 0.3) is 0 Å². The van der Waals surface area contributed by atoms with Gasteiger partial charge in [-0.05, 0) is 25.0 Å². The van der Waals surface area contributed by atoms with E-state index in [2.05, 4.69) is 21.2 Å². The van der Waals surface area contributed by atoms with Crippen molar-refractivity contribution in [2.75, 3.05) is 6.54 Å². The molecular formula is C12H17N5S. The molecule has 0 amide bonds. The summed E-state index contributed by atoms with van der Waals surface area (Å²) in [7, 11) is 0. The summed E-state index contributed by atoms with van der Waals surface area (Å²) in [4.78, 5) is 4.18. The number of aromatic nitrogens is 4. The van der Waals surface area contributed by atoms with Crippen LogP contribution in [0.15, 0.2) is 23.6 Å². The molecule has 0 saturated heterocycles. The molecule has 0 atom stereocenters. The standard InChI is InChI=1S/C12H17N5S/c1-9-5-11(7-14-6-9)8-18-12-16-15-10(2)17(12)4-3-13/h5-7H,3-4,8,13H2,1-2H3. The lowest BCUT2D eigenvalue weighted by molar-refractivity contribution is 0.627. The Morgan fingerprint density at radius 1 is 1.28 bits per heavy atom. The van der Waals surface area contributed by atoms with Gasteiger partial charge >= 0.3 is 0 Å². The molecule has 2 N–H and O–H groups in total. The zero-order chi connectivity index (χ0) is 13.0. The first kappa shape index (κ1) is 13.0. The largest absolute Gasteiger partial charge is 0.329 e. The van der Waals surface area contributed by atoms with Gasteiger partial charge in [-0.2, -0.15) is 0 Å². The van der Waals surface area contributed by atoms with Crippen molar-refractivity contribution in [1.82, 2.24) is 19.7 Å². The van der Waals surface area contributed by atoms with Gasteiger partial charge in [-0.3, -0.25) is 4.98 Å². The molecule has 0 aromatic carbocycles. The van der Waals surface area contributed by atoms with Gasteiger partial charge in [0.1, 0.15) is 5.82 Å². The molecule has 0 bridgehead atoms. The quantitative estimate of drug-likeness (QED) is 0.829. The van der Waals surface area contributed by atoms with Gasteiger partial charge in [0.15, 0.2) is 5.16 Å². The molecule has 96 valence electrons. The van der Waals surface area contributed by atoms with Crippen LogP contribution >= 0.6 is 11.8 Å². The first-order valence-corrected chi connectivity index (χ1v) is 6.82. The summed E-state index contributed by atoms with van der Waals surface area (Å²) in [5, 5.41) is 9.17. The van der Waals surface area contributed by atoms with Gasteiger partial charge in [-0.25, -0.2) is 0 Å². The molecule has 0 saturated carbocycles. The number of nitrogens with two attached hydrogens (primary N) is 1. The number of thioether (sulfide) groups is 1. The average Bonchev–Trinajstić information content (AvgIpc) is 2.69. The lowest BCUT2D eigenvalue weighted by Crippen LogP contribution is -2.12. The van der Waals surface area contributed by atoms with Crippen LogP contribution in [0.25, 0.3) is 0 Å². The Labute approximate surface area is 111 Å². The molecule has 0 unspecified atom stereocenters. The van der Waals surface area contributed by atoms with E-state index in [1.165, 1.54) is 11.1 Å². The Hall–Kier alpha value is -1.40. The average molecular weight is 263 g/mol. The topological polar surface area (TPSA) is 69.6 Å². The minimum atomic E-state index is 0.596. The maximum Gasteiger partial charge on any atom is 0.191 e. The molecule has 0 aliphatic rings. The molecule has 0 aliphatic carbocycles. The van der Waals surface area contributed by atoms with Crippen LogP contribution < -0.4 is 5.73 Å². The van der Waals surface area contributed by atoms with Gasteiger partial charge in [-0.1, -0.05) is 17.8 Å². The smallest absolute Gasteiger partial charge is 0.191 e. The molecule has 6 heteroatoms. The molecule has 2 heterocycles. The minimum absolute atomic E-state index is 0.596. The Kier molecular flexibility index (Phi) is 4.33. The van der Waals surface area contributed by atoms with E-state index >= 15 is 0 Å². The van der Waals surface area contributed by atoms with Crippen molar-refractivity contribution in [3.63, 3.8) is 0 Å². The lowest BCUT2D eigenvalue weighted by Gasteiger charge is -2.06. The van der Waals surface area contributed by atoms with Gasteiger partial charge in [0.05, 0.1) is 0 Å². The summed E-state index contributed by atoms with van der Waals surface area (Å²) >= 11 is 1.66. The van der Waals surface area contributed by atoms with E-state index in [-0.39, 0.29) is 0 Å². The molecule has 18 heavy (non-hydrogen) atoms. The van der Waals surface area contributed by atoms with E-state index in [1.807, 2.05) is 30.8 Å². The number of rotatable bonds is 5. The van der Waals surface area contributed by atoms with Crippen molar-refractivity contribution < 1.29 is 0 Å².